The van der Waals surface area contributed by atoms with E-state index in [1.165, 1.54) is 12.1 Å². The largest absolute Gasteiger partial charge is 0.378 e. The summed E-state index contributed by atoms with van der Waals surface area (Å²) in [7, 11) is 0. The first-order valence-electron chi connectivity index (χ1n) is 5.69. The van der Waals surface area contributed by atoms with Gasteiger partial charge in [-0.1, -0.05) is 15.9 Å². The number of hydrogen-bond acceptors (Lipinski definition) is 3. The molecule has 2 aromatic carbocycles. The van der Waals surface area contributed by atoms with E-state index in [9.17, 15) is 18.9 Å². The van der Waals surface area contributed by atoms with Crippen LogP contribution < -0.4 is 5.32 Å². The molecule has 0 saturated carbocycles. The van der Waals surface area contributed by atoms with Gasteiger partial charge in [-0.15, -0.1) is 0 Å². The van der Waals surface area contributed by atoms with Crippen LogP contribution in [0.1, 0.15) is 5.56 Å². The first kappa shape index (κ1) is 15.8. The number of rotatable bonds is 4. The van der Waals surface area contributed by atoms with Crippen LogP contribution in [-0.4, -0.2) is 4.92 Å². The van der Waals surface area contributed by atoms with Gasteiger partial charge in [-0.2, -0.15) is 0 Å². The number of anilines is 1. The van der Waals surface area contributed by atoms with Gasteiger partial charge in [-0.05, 0) is 33.6 Å². The van der Waals surface area contributed by atoms with Gasteiger partial charge in [0.15, 0.2) is 0 Å². The van der Waals surface area contributed by atoms with Crippen LogP contribution in [0, 0.1) is 21.7 Å². The van der Waals surface area contributed by atoms with Crippen molar-refractivity contribution in [2.75, 3.05) is 5.32 Å². The highest BCUT2D eigenvalue weighted by atomic mass is 79.9. The fourth-order valence-corrected chi connectivity index (χ4v) is 2.74. The lowest BCUT2D eigenvalue weighted by Gasteiger charge is -2.11. The summed E-state index contributed by atoms with van der Waals surface area (Å²) in [5.41, 5.74) is 0.789. The fourth-order valence-electron chi connectivity index (χ4n) is 1.69. The van der Waals surface area contributed by atoms with Crippen LogP contribution in [0.5, 0.6) is 0 Å². The number of hydrogen-bond donors (Lipinski definition) is 1. The molecule has 0 amide bonds. The van der Waals surface area contributed by atoms with E-state index in [0.717, 1.165) is 12.1 Å². The normalized spacial score (nSPS) is 10.5. The Morgan fingerprint density at radius 3 is 2.43 bits per heavy atom. The maximum absolute atomic E-state index is 13.7. The van der Waals surface area contributed by atoms with Crippen LogP contribution in [0.15, 0.2) is 39.3 Å². The zero-order chi connectivity index (χ0) is 15.6. The second-order valence-corrected chi connectivity index (χ2v) is 5.84. The smallest absolute Gasteiger partial charge is 0.270 e. The maximum Gasteiger partial charge on any atom is 0.270 e. The van der Waals surface area contributed by atoms with Gasteiger partial charge in [0.05, 0.1) is 10.6 Å². The molecule has 0 fully saturated rings. The van der Waals surface area contributed by atoms with Gasteiger partial charge in [-0.3, -0.25) is 10.1 Å². The molecule has 0 saturated heterocycles. The second-order valence-electron chi connectivity index (χ2n) is 4.13. The van der Waals surface area contributed by atoms with E-state index in [-0.39, 0.29) is 22.4 Å². The van der Waals surface area contributed by atoms with Crippen LogP contribution in [0.3, 0.4) is 0 Å². The van der Waals surface area contributed by atoms with Crippen molar-refractivity contribution >= 4 is 43.2 Å². The van der Waals surface area contributed by atoms with Crippen molar-refractivity contribution in [3.05, 3.63) is 66.6 Å². The third-order valence-corrected chi connectivity index (χ3v) is 4.07. The Bertz CT molecular complexity index is 688. The third kappa shape index (κ3) is 3.76. The number of non-ortho nitro benzene ring substituents is 1. The summed E-state index contributed by atoms with van der Waals surface area (Å²) in [4.78, 5) is 10.1. The van der Waals surface area contributed by atoms with E-state index in [1.807, 2.05) is 0 Å². The number of nitrogens with zero attached hydrogens (tertiary/aromatic N) is 1. The number of nitro groups is 1. The monoisotopic (exact) mass is 420 g/mol. The fraction of sp³-hybridized carbons (Fsp3) is 0.0769. The first-order chi connectivity index (χ1) is 9.88. The van der Waals surface area contributed by atoms with Crippen molar-refractivity contribution in [2.24, 2.45) is 0 Å². The zero-order valence-corrected chi connectivity index (χ0v) is 13.5. The summed E-state index contributed by atoms with van der Waals surface area (Å²) in [6.45, 7) is 0.222. The van der Waals surface area contributed by atoms with Crippen molar-refractivity contribution in [2.45, 2.75) is 6.54 Å². The summed E-state index contributed by atoms with van der Waals surface area (Å²) >= 11 is 6.30. The predicted octanol–water partition coefficient (Wildman–Crippen LogP) is 5.01. The molecule has 0 aliphatic rings. The minimum absolute atomic E-state index is 0.0419. The Hall–Kier alpha value is -1.54. The average Bonchev–Trinajstić information content (AvgIpc) is 2.38. The van der Waals surface area contributed by atoms with E-state index in [1.54, 1.807) is 6.07 Å². The Labute approximate surface area is 135 Å². The topological polar surface area (TPSA) is 55.2 Å². The van der Waals surface area contributed by atoms with Gasteiger partial charge in [0.25, 0.3) is 5.69 Å². The van der Waals surface area contributed by atoms with Crippen LogP contribution in [0.25, 0.3) is 0 Å². The molecule has 0 atom stereocenters. The molecule has 21 heavy (non-hydrogen) atoms. The van der Waals surface area contributed by atoms with Crippen molar-refractivity contribution in [1.29, 1.82) is 0 Å². The molecule has 0 bridgehead atoms. The molecular weight excluding hydrogens is 414 g/mol. The number of nitrogens with one attached hydrogen (secondary N) is 1. The molecule has 0 heterocycles. The van der Waals surface area contributed by atoms with Gasteiger partial charge in [0, 0.05) is 33.7 Å². The highest BCUT2D eigenvalue weighted by Gasteiger charge is 2.12. The van der Waals surface area contributed by atoms with E-state index >= 15 is 0 Å². The predicted molar refractivity (Wildman–Crippen MR) is 82.2 cm³/mol. The Balaban J connectivity index is 2.19. The molecule has 2 rings (SSSR count). The van der Waals surface area contributed by atoms with Gasteiger partial charge in [-0.25, -0.2) is 8.78 Å². The lowest BCUT2D eigenvalue weighted by Crippen LogP contribution is -2.04. The van der Waals surface area contributed by atoms with E-state index in [0.29, 0.717) is 10.0 Å². The average molecular weight is 422 g/mol. The summed E-state index contributed by atoms with van der Waals surface area (Å²) < 4.78 is 27.4. The summed E-state index contributed by atoms with van der Waals surface area (Å²) in [5, 5.41) is 13.5. The minimum atomic E-state index is -0.722. The van der Waals surface area contributed by atoms with E-state index < -0.39 is 16.6 Å². The van der Waals surface area contributed by atoms with Crippen LogP contribution >= 0.6 is 31.9 Å². The highest BCUT2D eigenvalue weighted by molar-refractivity contribution is 9.11. The zero-order valence-electron chi connectivity index (χ0n) is 10.4. The van der Waals surface area contributed by atoms with Crippen LogP contribution in [0.2, 0.25) is 0 Å². The van der Waals surface area contributed by atoms with E-state index in [2.05, 4.69) is 37.2 Å². The standard InChI is InChI=1S/C13H8Br2F2N2O2/c14-10-5-9(19(20)21)2-1-7(10)6-18-13-11(15)3-8(16)4-12(13)17/h1-5,18H,6H2. The lowest BCUT2D eigenvalue weighted by atomic mass is 10.2. The molecule has 0 aromatic heterocycles. The molecule has 0 unspecified atom stereocenters. The van der Waals surface area contributed by atoms with Gasteiger partial charge in [0.1, 0.15) is 11.6 Å². The van der Waals surface area contributed by atoms with Gasteiger partial charge >= 0.3 is 0 Å². The SMILES string of the molecule is O=[N+]([O-])c1ccc(CNc2c(F)cc(F)cc2Br)c(Br)c1. The molecule has 0 radical (unpaired) electrons. The maximum atomic E-state index is 13.7. The third-order valence-electron chi connectivity index (χ3n) is 2.71. The number of benzene rings is 2. The minimum Gasteiger partial charge on any atom is -0.378 e. The molecule has 0 spiro atoms. The number of halogens is 4. The molecular formula is C13H8Br2F2N2O2. The van der Waals surface area contributed by atoms with Gasteiger partial charge < -0.3 is 5.32 Å². The molecule has 8 heteroatoms. The van der Waals surface area contributed by atoms with Crippen molar-refractivity contribution < 1.29 is 13.7 Å². The second kappa shape index (κ2) is 6.48. The lowest BCUT2D eigenvalue weighted by molar-refractivity contribution is -0.384. The Morgan fingerprint density at radius 2 is 1.86 bits per heavy atom. The highest BCUT2D eigenvalue weighted by Crippen LogP contribution is 2.29. The summed E-state index contributed by atoms with van der Waals surface area (Å²) in [6.07, 6.45) is 0. The van der Waals surface area contributed by atoms with E-state index in [4.69, 9.17) is 0 Å². The molecule has 110 valence electrons. The van der Waals surface area contributed by atoms with Gasteiger partial charge in [0.2, 0.25) is 0 Å². The molecule has 2 aromatic rings. The van der Waals surface area contributed by atoms with Crippen molar-refractivity contribution in [1.82, 2.24) is 0 Å². The Kier molecular flexibility index (Phi) is 4.89. The first-order valence-corrected chi connectivity index (χ1v) is 7.28. The molecule has 0 aliphatic heterocycles. The van der Waals surface area contributed by atoms with Crippen LogP contribution in [-0.2, 0) is 6.54 Å². The quantitative estimate of drug-likeness (QED) is 0.557. The number of nitro benzene ring substituents is 1. The molecule has 1 N–H and O–H groups in total. The molecule has 4 nitrogen and oxygen atoms in total. The van der Waals surface area contributed by atoms with Crippen molar-refractivity contribution in [3.8, 4) is 0 Å². The molecule has 0 aliphatic carbocycles. The van der Waals surface area contributed by atoms with Crippen LogP contribution in [0.4, 0.5) is 20.2 Å². The summed E-state index contributed by atoms with van der Waals surface area (Å²) in [6, 6.07) is 6.21. The van der Waals surface area contributed by atoms with Crippen molar-refractivity contribution in [3.63, 3.8) is 0 Å². The Morgan fingerprint density at radius 1 is 1.14 bits per heavy atom. The summed E-state index contributed by atoms with van der Waals surface area (Å²) in [5.74, 6) is -1.40.